The van der Waals surface area contributed by atoms with Gasteiger partial charge in [-0.3, -0.25) is 9.20 Å². The van der Waals surface area contributed by atoms with E-state index >= 15 is 0 Å². The highest BCUT2D eigenvalue weighted by Crippen LogP contribution is 2.48. The third-order valence-corrected chi connectivity index (χ3v) is 7.42. The minimum absolute atomic E-state index is 0.115. The lowest BCUT2D eigenvalue weighted by molar-refractivity contribution is -0.136. The maximum Gasteiger partial charge on any atom is 0.418 e. The summed E-state index contributed by atoms with van der Waals surface area (Å²) in [5.41, 5.74) is 1.51. The third kappa shape index (κ3) is 5.29. The number of benzene rings is 1. The summed E-state index contributed by atoms with van der Waals surface area (Å²) < 4.78 is 47.5. The Balaban J connectivity index is 1.76. The van der Waals surface area contributed by atoms with Crippen molar-refractivity contribution in [2.75, 3.05) is 7.11 Å². The number of rotatable bonds is 7. The molecule has 0 atom stereocenters. The molecule has 1 aliphatic carbocycles. The van der Waals surface area contributed by atoms with E-state index < -0.39 is 17.3 Å². The van der Waals surface area contributed by atoms with Crippen LogP contribution in [0.4, 0.5) is 13.2 Å². The predicted octanol–water partition coefficient (Wildman–Crippen LogP) is 6.82. The van der Waals surface area contributed by atoms with Crippen molar-refractivity contribution in [1.82, 2.24) is 4.40 Å². The molecule has 5 nitrogen and oxygen atoms in total. The first-order chi connectivity index (χ1) is 17.5. The largest absolute Gasteiger partial charge is 0.418 e. The predicted molar refractivity (Wildman–Crippen MR) is 144 cm³/mol. The molecule has 0 spiro atoms. The molecule has 0 radical (unpaired) electrons. The molecule has 1 fully saturated rings. The molecule has 0 bridgehead atoms. The Morgan fingerprint density at radius 2 is 1.97 bits per heavy atom. The third-order valence-electron chi connectivity index (χ3n) is 6.99. The van der Waals surface area contributed by atoms with Crippen molar-refractivity contribution in [2.45, 2.75) is 57.7 Å². The highest BCUT2D eigenvalue weighted by Gasteiger charge is 2.50. The Morgan fingerprint density at radius 1 is 1.24 bits per heavy atom. The van der Waals surface area contributed by atoms with Crippen molar-refractivity contribution in [3.05, 3.63) is 85.7 Å². The van der Waals surface area contributed by atoms with Gasteiger partial charge in [-0.05, 0) is 64.9 Å². The van der Waals surface area contributed by atoms with Gasteiger partial charge in [0.2, 0.25) is 0 Å². The van der Waals surface area contributed by atoms with E-state index in [4.69, 9.17) is 4.74 Å². The van der Waals surface area contributed by atoms with E-state index in [1.54, 1.807) is 13.3 Å². The minimum Gasteiger partial charge on any atom is -0.381 e. The molecule has 0 N–H and O–H groups in total. The molecule has 2 heterocycles. The molecule has 196 valence electrons. The first kappa shape index (κ1) is 27.3. The van der Waals surface area contributed by atoms with E-state index in [9.17, 15) is 18.0 Å². The average molecular weight is 576 g/mol. The summed E-state index contributed by atoms with van der Waals surface area (Å²) in [7, 11) is 1.71. The van der Waals surface area contributed by atoms with Crippen LogP contribution in [-0.2, 0) is 22.7 Å². The highest BCUT2D eigenvalue weighted by molar-refractivity contribution is 9.10. The number of methoxy groups -OCH3 is 1. The Hall–Kier alpha value is -2.78. The summed E-state index contributed by atoms with van der Waals surface area (Å²) in [6, 6.07) is 11.8. The van der Waals surface area contributed by atoms with Crippen molar-refractivity contribution in [1.29, 1.82) is 0 Å². The first-order valence-corrected chi connectivity index (χ1v) is 12.9. The van der Waals surface area contributed by atoms with Gasteiger partial charge in [0, 0.05) is 41.4 Å². The monoisotopic (exact) mass is 575 g/mol. The van der Waals surface area contributed by atoms with Crippen LogP contribution in [0.5, 0.6) is 0 Å². The molecule has 1 saturated carbocycles. The fraction of sp³-hybridized carbons (Fsp3) is 0.393. The molecule has 0 saturated heterocycles. The Morgan fingerprint density at radius 3 is 2.59 bits per heavy atom. The van der Waals surface area contributed by atoms with Crippen LogP contribution in [0.3, 0.4) is 0 Å². The fourth-order valence-electron chi connectivity index (χ4n) is 5.24. The number of halogens is 4. The van der Waals surface area contributed by atoms with E-state index in [0.29, 0.717) is 5.56 Å². The summed E-state index contributed by atoms with van der Waals surface area (Å²) in [5.74, 6) is 0.163. The molecule has 3 aromatic rings. The normalized spacial score (nSPS) is 20.7. The van der Waals surface area contributed by atoms with Gasteiger partial charge in [-0.15, -0.1) is 0 Å². The number of hydrogen-bond donors (Lipinski definition) is 0. The number of fused-ring (bicyclic) bond motifs is 1. The summed E-state index contributed by atoms with van der Waals surface area (Å²) in [4.78, 5) is 13.2. The maximum absolute atomic E-state index is 13.6. The molecular formula is C28H29BrF3N3O2. The van der Waals surface area contributed by atoms with Gasteiger partial charge >= 0.3 is 6.18 Å². The number of ether oxygens (including phenoxy) is 1. The van der Waals surface area contributed by atoms with Crippen LogP contribution in [0.2, 0.25) is 0 Å². The van der Waals surface area contributed by atoms with Crippen molar-refractivity contribution < 1.29 is 17.9 Å². The van der Waals surface area contributed by atoms with E-state index in [2.05, 4.69) is 52.1 Å². The number of hydrogen-bond acceptors (Lipinski definition) is 4. The van der Waals surface area contributed by atoms with Gasteiger partial charge in [0.1, 0.15) is 0 Å². The molecule has 9 heteroatoms. The highest BCUT2D eigenvalue weighted by atomic mass is 79.9. The molecular weight excluding hydrogens is 547 g/mol. The van der Waals surface area contributed by atoms with Crippen LogP contribution in [0.25, 0.3) is 5.52 Å². The molecule has 1 aromatic carbocycles. The summed E-state index contributed by atoms with van der Waals surface area (Å²) in [6.07, 6.45) is 0.409. The second kappa shape index (κ2) is 10.5. The van der Waals surface area contributed by atoms with Gasteiger partial charge in [-0.25, -0.2) is 0 Å². The van der Waals surface area contributed by atoms with Gasteiger partial charge in [-0.1, -0.05) is 44.2 Å². The fourth-order valence-corrected chi connectivity index (χ4v) is 5.67. The van der Waals surface area contributed by atoms with Gasteiger partial charge < -0.3 is 4.74 Å². The standard InChI is InChI=1S/C28H29BrF3N3O2/c1-5-33-34-25(17(2)3)27(14-22(15-27)37-4)20-8-6-7-18(12-20)11-19-9-10-24-23(28(30,31)32)13-21(29)16-35(24)26(19)36/h5-10,12-13,16-17,22H,11,14-15H2,1-4H3/b33-5-,34-25+. The smallest absolute Gasteiger partial charge is 0.381 e. The zero-order valence-electron chi connectivity index (χ0n) is 21.1. The van der Waals surface area contributed by atoms with Crippen molar-refractivity contribution in [3.63, 3.8) is 0 Å². The zero-order valence-corrected chi connectivity index (χ0v) is 22.7. The summed E-state index contributed by atoms with van der Waals surface area (Å²) in [5, 5.41) is 8.73. The summed E-state index contributed by atoms with van der Waals surface area (Å²) >= 11 is 3.11. The summed E-state index contributed by atoms with van der Waals surface area (Å²) in [6.45, 7) is 6.02. The Kier molecular flexibility index (Phi) is 7.76. The van der Waals surface area contributed by atoms with Gasteiger partial charge in [-0.2, -0.15) is 23.4 Å². The topological polar surface area (TPSA) is 55.4 Å². The molecule has 37 heavy (non-hydrogen) atoms. The zero-order chi connectivity index (χ0) is 27.0. The SMILES string of the molecule is C/C=N\N=C(/C(C)C)C1(c2cccc(Cc3ccc4c(C(F)(F)F)cc(Br)cn4c3=O)c2)CC(OC)C1. The van der Waals surface area contributed by atoms with Crippen LogP contribution in [0.15, 0.2) is 68.1 Å². The van der Waals surface area contributed by atoms with E-state index in [1.807, 2.05) is 19.1 Å². The van der Waals surface area contributed by atoms with Crippen LogP contribution >= 0.6 is 15.9 Å². The lowest BCUT2D eigenvalue weighted by Crippen LogP contribution is -2.52. The molecule has 1 aliphatic rings. The van der Waals surface area contributed by atoms with Crippen LogP contribution < -0.4 is 5.56 Å². The molecule has 0 unspecified atom stereocenters. The molecule has 0 amide bonds. The lowest BCUT2D eigenvalue weighted by Gasteiger charge is -2.49. The van der Waals surface area contributed by atoms with Crippen LogP contribution in [-0.4, -0.2) is 29.5 Å². The molecule has 0 aliphatic heterocycles. The number of aromatic nitrogens is 1. The quantitative estimate of drug-likeness (QED) is 0.229. The Labute approximate surface area is 222 Å². The average Bonchev–Trinajstić information content (AvgIpc) is 2.81. The maximum atomic E-state index is 13.6. The van der Waals surface area contributed by atoms with E-state index in [0.717, 1.165) is 40.1 Å². The first-order valence-electron chi connectivity index (χ1n) is 12.1. The van der Waals surface area contributed by atoms with E-state index in [1.165, 1.54) is 18.3 Å². The van der Waals surface area contributed by atoms with Crippen LogP contribution in [0, 0.1) is 5.92 Å². The van der Waals surface area contributed by atoms with Gasteiger partial charge in [0.05, 0.1) is 22.9 Å². The van der Waals surface area contributed by atoms with E-state index in [-0.39, 0.29) is 33.8 Å². The van der Waals surface area contributed by atoms with Crippen LogP contribution in [0.1, 0.15) is 55.9 Å². The second-order valence-corrected chi connectivity index (χ2v) is 10.6. The minimum atomic E-state index is -4.58. The van der Waals surface area contributed by atoms with Crippen molar-refractivity contribution in [3.8, 4) is 0 Å². The van der Waals surface area contributed by atoms with Gasteiger partial charge in [0.15, 0.2) is 0 Å². The van der Waals surface area contributed by atoms with Gasteiger partial charge in [0.25, 0.3) is 5.56 Å². The molecule has 2 aromatic heterocycles. The number of nitrogens with zero attached hydrogens (tertiary/aromatic N) is 3. The number of pyridine rings is 2. The number of alkyl halides is 3. The van der Waals surface area contributed by atoms with Crippen molar-refractivity contribution >= 4 is 33.4 Å². The second-order valence-electron chi connectivity index (χ2n) is 9.73. The Bertz CT molecular complexity index is 1420. The molecule has 4 rings (SSSR count). The lowest BCUT2D eigenvalue weighted by atomic mass is 9.58. The van der Waals surface area contributed by atoms with Crippen molar-refractivity contribution in [2.24, 2.45) is 16.1 Å².